The molecule has 0 spiro atoms. The molecule has 0 fully saturated rings. The standard InChI is InChI=1S/C61H94O9/c1-33(2)46-29-49(36(7)8)59(65)56(39(13)14)43(46)23-20-26-53(62)68-32-52(70-55(64)28-22-25-45-48(35(5)6)31-51(38(11)12)61(67)58(45)41(17)18)42(19)69-54(63)27-21-24-44-47(34(3)4)30-50(37(9)10)60(66)57(44)40(15)16/h29-31,33-42,52,65-67H,20-28,32H2,1-19H3. The molecule has 0 saturated carbocycles. The first kappa shape index (κ1) is 59.8. The van der Waals surface area contributed by atoms with Crippen LogP contribution in [0.5, 0.6) is 17.2 Å². The Bertz CT molecular complexity index is 2220. The average molecular weight is 971 g/mol. The molecule has 3 rings (SSSR count). The van der Waals surface area contributed by atoms with Crippen molar-refractivity contribution in [3.8, 4) is 17.2 Å². The number of hydrogen-bond donors (Lipinski definition) is 3. The van der Waals surface area contributed by atoms with Crippen LogP contribution in [0.4, 0.5) is 0 Å². The molecule has 392 valence electrons. The third-order valence-corrected chi connectivity index (χ3v) is 14.0. The first-order chi connectivity index (χ1) is 32.6. The van der Waals surface area contributed by atoms with E-state index < -0.39 is 30.1 Å². The highest BCUT2D eigenvalue weighted by molar-refractivity contribution is 5.71. The lowest BCUT2D eigenvalue weighted by atomic mass is 9.81. The minimum Gasteiger partial charge on any atom is -0.507 e. The van der Waals surface area contributed by atoms with E-state index in [0.717, 1.165) is 50.1 Å². The molecule has 0 radical (unpaired) electrons. The quantitative estimate of drug-likeness (QED) is 0.0530. The molecule has 0 aliphatic heterocycles. The number of benzene rings is 3. The molecular formula is C61H94O9. The highest BCUT2D eigenvalue weighted by atomic mass is 16.6. The predicted octanol–water partition coefficient (Wildman–Crippen LogP) is 15.7. The summed E-state index contributed by atoms with van der Waals surface area (Å²) >= 11 is 0. The monoisotopic (exact) mass is 971 g/mol. The lowest BCUT2D eigenvalue weighted by Crippen LogP contribution is -2.37. The van der Waals surface area contributed by atoms with E-state index in [4.69, 9.17) is 14.2 Å². The highest BCUT2D eigenvalue weighted by Gasteiger charge is 2.30. The summed E-state index contributed by atoms with van der Waals surface area (Å²) in [6, 6.07) is 6.35. The number of rotatable bonds is 26. The fourth-order valence-corrected chi connectivity index (χ4v) is 10.2. The molecule has 0 heterocycles. The summed E-state index contributed by atoms with van der Waals surface area (Å²) in [5, 5.41) is 34.2. The molecule has 2 unspecified atom stereocenters. The molecular weight excluding hydrogens is 877 g/mol. The number of phenolic OH excluding ortho intramolecular Hbond substituents is 3. The SMILES string of the molecule is CC(C)c1cc(C(C)C)c(CCCC(=O)OCC(OC(=O)CCCc2c(C(C)C)cc(C(C)C)c(O)c2C(C)C)C(C)OC(=O)CCCc2c(C(C)C)cc(C(C)C)c(O)c2C(C)C)c(C(C)C)c1O. The van der Waals surface area contributed by atoms with E-state index in [1.54, 1.807) is 6.92 Å². The van der Waals surface area contributed by atoms with E-state index in [0.29, 0.717) is 55.8 Å². The van der Waals surface area contributed by atoms with Gasteiger partial charge in [0.05, 0.1) is 0 Å². The van der Waals surface area contributed by atoms with Gasteiger partial charge in [-0.15, -0.1) is 0 Å². The number of carbonyl (C=O) groups is 3. The summed E-state index contributed by atoms with van der Waals surface area (Å²) in [5.41, 5.74) is 12.3. The molecule has 70 heavy (non-hydrogen) atoms. The predicted molar refractivity (Wildman–Crippen MR) is 286 cm³/mol. The number of carbonyl (C=O) groups excluding carboxylic acids is 3. The second kappa shape index (κ2) is 26.8. The zero-order valence-electron chi connectivity index (χ0n) is 46.9. The normalized spacial score (nSPS) is 13.0. The zero-order chi connectivity index (χ0) is 53.1. The van der Waals surface area contributed by atoms with Gasteiger partial charge in [0.25, 0.3) is 0 Å². The topological polar surface area (TPSA) is 140 Å². The van der Waals surface area contributed by atoms with Crippen LogP contribution in [0.2, 0.25) is 0 Å². The first-order valence-electron chi connectivity index (χ1n) is 26.8. The maximum atomic E-state index is 13.7. The Hall–Kier alpha value is -4.53. The summed E-state index contributed by atoms with van der Waals surface area (Å²) < 4.78 is 17.8. The van der Waals surface area contributed by atoms with E-state index >= 15 is 0 Å². The van der Waals surface area contributed by atoms with Gasteiger partial charge >= 0.3 is 17.9 Å². The highest BCUT2D eigenvalue weighted by Crippen LogP contribution is 2.44. The maximum Gasteiger partial charge on any atom is 0.306 e. The van der Waals surface area contributed by atoms with E-state index in [1.165, 1.54) is 16.7 Å². The van der Waals surface area contributed by atoms with Gasteiger partial charge in [0.2, 0.25) is 0 Å². The van der Waals surface area contributed by atoms with Gasteiger partial charge in [0, 0.05) is 36.0 Å². The first-order valence-corrected chi connectivity index (χ1v) is 26.8. The zero-order valence-corrected chi connectivity index (χ0v) is 46.9. The molecule has 3 aromatic rings. The van der Waals surface area contributed by atoms with Crippen LogP contribution in [-0.4, -0.2) is 52.0 Å². The van der Waals surface area contributed by atoms with Gasteiger partial charge < -0.3 is 29.5 Å². The molecule has 9 nitrogen and oxygen atoms in total. The Morgan fingerprint density at radius 3 is 0.929 bits per heavy atom. The van der Waals surface area contributed by atoms with Gasteiger partial charge in [0.15, 0.2) is 6.10 Å². The smallest absolute Gasteiger partial charge is 0.306 e. The molecule has 3 N–H and O–H groups in total. The van der Waals surface area contributed by atoms with E-state index in [2.05, 4.69) is 143 Å². The van der Waals surface area contributed by atoms with Crippen LogP contribution in [0.1, 0.15) is 290 Å². The van der Waals surface area contributed by atoms with Gasteiger partial charge in [-0.3, -0.25) is 14.4 Å². The largest absolute Gasteiger partial charge is 0.507 e. The Kier molecular flexibility index (Phi) is 22.9. The molecule has 0 aliphatic carbocycles. The third-order valence-electron chi connectivity index (χ3n) is 14.0. The van der Waals surface area contributed by atoms with Gasteiger partial charge in [-0.05, 0) is 149 Å². The van der Waals surface area contributed by atoms with Crippen LogP contribution in [0.15, 0.2) is 18.2 Å². The lowest BCUT2D eigenvalue weighted by Gasteiger charge is -2.26. The van der Waals surface area contributed by atoms with Crippen LogP contribution in [-0.2, 0) is 47.9 Å². The van der Waals surface area contributed by atoms with Crippen LogP contribution in [0.3, 0.4) is 0 Å². The van der Waals surface area contributed by atoms with Crippen molar-refractivity contribution in [2.75, 3.05) is 6.61 Å². The fraction of sp³-hybridized carbons (Fsp3) is 0.656. The summed E-state index contributed by atoms with van der Waals surface area (Å²) in [6.45, 7) is 39.3. The summed E-state index contributed by atoms with van der Waals surface area (Å²) in [7, 11) is 0. The van der Waals surface area contributed by atoms with Crippen LogP contribution < -0.4 is 0 Å². The summed E-state index contributed by atoms with van der Waals surface area (Å²) in [6.07, 6.45) is 1.51. The average Bonchev–Trinajstić information content (AvgIpc) is 3.23. The van der Waals surface area contributed by atoms with Gasteiger partial charge in [-0.2, -0.15) is 0 Å². The molecule has 0 amide bonds. The fourth-order valence-electron chi connectivity index (χ4n) is 10.2. The van der Waals surface area contributed by atoms with Crippen molar-refractivity contribution < 1.29 is 43.9 Å². The van der Waals surface area contributed by atoms with E-state index in [9.17, 15) is 29.7 Å². The third kappa shape index (κ3) is 15.5. The summed E-state index contributed by atoms with van der Waals surface area (Å²) in [4.78, 5) is 40.8. The Morgan fingerprint density at radius 1 is 0.386 bits per heavy atom. The second-order valence-electron chi connectivity index (χ2n) is 22.7. The molecule has 3 aromatic carbocycles. The number of ether oxygens (including phenoxy) is 3. The lowest BCUT2D eigenvalue weighted by molar-refractivity contribution is -0.174. The number of hydrogen-bond acceptors (Lipinski definition) is 9. The van der Waals surface area contributed by atoms with E-state index in [-0.39, 0.29) is 79.1 Å². The van der Waals surface area contributed by atoms with Gasteiger partial charge in [0.1, 0.15) is 30.0 Å². The Morgan fingerprint density at radius 2 is 0.657 bits per heavy atom. The van der Waals surface area contributed by atoms with Crippen LogP contribution >= 0.6 is 0 Å². The number of phenols is 3. The minimum atomic E-state index is -1.05. The van der Waals surface area contributed by atoms with Crippen molar-refractivity contribution in [3.05, 3.63) is 85.0 Å². The molecule has 0 aromatic heterocycles. The summed E-state index contributed by atoms with van der Waals surface area (Å²) in [5.74, 6) is 0.976. The van der Waals surface area contributed by atoms with Crippen molar-refractivity contribution >= 4 is 17.9 Å². The molecule has 0 aliphatic rings. The maximum absolute atomic E-state index is 13.7. The van der Waals surface area contributed by atoms with Gasteiger partial charge in [-0.1, -0.05) is 143 Å². The van der Waals surface area contributed by atoms with Crippen LogP contribution in [0, 0.1) is 0 Å². The van der Waals surface area contributed by atoms with E-state index in [1.807, 2.05) is 0 Å². The second-order valence-corrected chi connectivity index (χ2v) is 22.7. The minimum absolute atomic E-state index is 0.0739. The molecule has 0 bridgehead atoms. The molecule has 9 heteroatoms. The van der Waals surface area contributed by atoms with Crippen LogP contribution in [0.25, 0.3) is 0 Å². The van der Waals surface area contributed by atoms with Crippen molar-refractivity contribution in [3.63, 3.8) is 0 Å². The Labute approximate surface area is 423 Å². The van der Waals surface area contributed by atoms with Crippen molar-refractivity contribution in [1.82, 2.24) is 0 Å². The number of esters is 3. The molecule has 0 saturated heterocycles. The Balaban J connectivity index is 1.84. The number of aromatic hydroxyl groups is 3. The van der Waals surface area contributed by atoms with Crippen molar-refractivity contribution in [2.24, 2.45) is 0 Å². The van der Waals surface area contributed by atoms with Crippen molar-refractivity contribution in [2.45, 2.75) is 255 Å². The molecule has 2 atom stereocenters. The van der Waals surface area contributed by atoms with Crippen molar-refractivity contribution in [1.29, 1.82) is 0 Å². The van der Waals surface area contributed by atoms with Gasteiger partial charge in [-0.25, -0.2) is 0 Å².